The summed E-state index contributed by atoms with van der Waals surface area (Å²) < 4.78 is 11.2. The van der Waals surface area contributed by atoms with E-state index in [9.17, 15) is 0 Å². The molecule has 1 N–H and O–H groups in total. The van der Waals surface area contributed by atoms with Gasteiger partial charge in [0.1, 0.15) is 0 Å². The van der Waals surface area contributed by atoms with Gasteiger partial charge in [-0.05, 0) is 37.7 Å². The zero-order chi connectivity index (χ0) is 17.7. The summed E-state index contributed by atoms with van der Waals surface area (Å²) in [6.45, 7) is 7.81. The summed E-state index contributed by atoms with van der Waals surface area (Å²) in [6.07, 6.45) is 3.58. The summed E-state index contributed by atoms with van der Waals surface area (Å²) in [4.78, 5) is 6.92. The van der Waals surface area contributed by atoms with Gasteiger partial charge in [-0.15, -0.1) is 0 Å². The Morgan fingerprint density at radius 1 is 1.28 bits per heavy atom. The summed E-state index contributed by atoms with van der Waals surface area (Å²) in [5.74, 6) is 1.76. The van der Waals surface area contributed by atoms with Crippen molar-refractivity contribution in [1.29, 1.82) is 0 Å². The van der Waals surface area contributed by atoms with Crippen molar-refractivity contribution in [2.24, 2.45) is 10.9 Å². The van der Waals surface area contributed by atoms with Gasteiger partial charge in [-0.3, -0.25) is 4.99 Å². The average molecular weight is 348 g/mol. The lowest BCUT2D eigenvalue weighted by Gasteiger charge is -2.26. The highest BCUT2D eigenvalue weighted by atomic mass is 16.5. The largest absolute Gasteiger partial charge is 0.381 e. The molecule has 2 rings (SSSR count). The first-order chi connectivity index (χ1) is 12.3. The molecule has 1 fully saturated rings. The fraction of sp³-hybridized carbons (Fsp3) is 0.650. The van der Waals surface area contributed by atoms with Crippen molar-refractivity contribution in [3.8, 4) is 0 Å². The molecule has 0 saturated carbocycles. The molecule has 0 aromatic heterocycles. The van der Waals surface area contributed by atoms with E-state index in [1.54, 1.807) is 0 Å². The molecule has 0 atom stereocenters. The Labute approximate surface area is 152 Å². The molecule has 1 aliphatic heterocycles. The normalized spacial score (nSPS) is 16.0. The maximum absolute atomic E-state index is 5.72. The number of benzene rings is 1. The fourth-order valence-corrected chi connectivity index (χ4v) is 2.97. The van der Waals surface area contributed by atoms with Crippen LogP contribution in [0.25, 0.3) is 0 Å². The van der Waals surface area contributed by atoms with E-state index in [1.807, 2.05) is 18.2 Å². The van der Waals surface area contributed by atoms with Gasteiger partial charge >= 0.3 is 0 Å². The van der Waals surface area contributed by atoms with Crippen LogP contribution >= 0.6 is 0 Å². The van der Waals surface area contributed by atoms with E-state index in [0.29, 0.717) is 19.8 Å². The molecule has 0 spiro atoms. The summed E-state index contributed by atoms with van der Waals surface area (Å²) in [6, 6.07) is 10.3. The van der Waals surface area contributed by atoms with Gasteiger partial charge < -0.3 is 19.7 Å². The van der Waals surface area contributed by atoms with Crippen molar-refractivity contribution < 1.29 is 9.47 Å². The third kappa shape index (κ3) is 7.88. The van der Waals surface area contributed by atoms with Crippen molar-refractivity contribution >= 4 is 5.96 Å². The minimum absolute atomic E-state index is 0.637. The second kappa shape index (κ2) is 11.9. The molecule has 1 saturated heterocycles. The van der Waals surface area contributed by atoms with Crippen LogP contribution < -0.4 is 5.32 Å². The standard InChI is InChI=1S/C20H33N3O2/c1-3-21-20(23(2)13-9-18-10-14-24-15-11-18)22-12-16-25-17-19-7-5-4-6-8-19/h4-8,18H,3,9-17H2,1-2H3,(H,21,22). The highest BCUT2D eigenvalue weighted by Crippen LogP contribution is 2.18. The average Bonchev–Trinajstić information content (AvgIpc) is 2.66. The Hall–Kier alpha value is -1.59. The van der Waals surface area contributed by atoms with Crippen LogP contribution in [0.15, 0.2) is 35.3 Å². The predicted octanol–water partition coefficient (Wildman–Crippen LogP) is 2.92. The third-order valence-electron chi connectivity index (χ3n) is 4.52. The number of ether oxygens (including phenoxy) is 2. The molecule has 0 radical (unpaired) electrons. The van der Waals surface area contributed by atoms with Crippen LogP contribution in [0.2, 0.25) is 0 Å². The van der Waals surface area contributed by atoms with E-state index in [4.69, 9.17) is 14.5 Å². The summed E-state index contributed by atoms with van der Waals surface area (Å²) in [5, 5.41) is 3.37. The Kier molecular flexibility index (Phi) is 9.37. The topological polar surface area (TPSA) is 46.1 Å². The van der Waals surface area contributed by atoms with Crippen LogP contribution in [0, 0.1) is 5.92 Å². The smallest absolute Gasteiger partial charge is 0.193 e. The summed E-state index contributed by atoms with van der Waals surface area (Å²) >= 11 is 0. The van der Waals surface area contributed by atoms with Crippen LogP contribution in [0.1, 0.15) is 31.7 Å². The lowest BCUT2D eigenvalue weighted by Crippen LogP contribution is -2.40. The van der Waals surface area contributed by atoms with E-state index in [-0.39, 0.29) is 0 Å². The van der Waals surface area contributed by atoms with Gasteiger partial charge in [-0.1, -0.05) is 30.3 Å². The zero-order valence-electron chi connectivity index (χ0n) is 15.7. The third-order valence-corrected chi connectivity index (χ3v) is 4.52. The number of guanidine groups is 1. The van der Waals surface area contributed by atoms with Gasteiger partial charge in [0.05, 0.1) is 19.8 Å². The van der Waals surface area contributed by atoms with E-state index in [1.165, 1.54) is 24.8 Å². The predicted molar refractivity (Wildman–Crippen MR) is 103 cm³/mol. The Balaban J connectivity index is 1.68. The van der Waals surface area contributed by atoms with E-state index in [0.717, 1.165) is 38.2 Å². The van der Waals surface area contributed by atoms with Crippen molar-refractivity contribution in [2.45, 2.75) is 32.8 Å². The molecule has 1 aliphatic rings. The molecular weight excluding hydrogens is 314 g/mol. The first-order valence-corrected chi connectivity index (χ1v) is 9.48. The van der Waals surface area contributed by atoms with Crippen molar-refractivity contribution in [3.05, 3.63) is 35.9 Å². The second-order valence-electron chi connectivity index (χ2n) is 6.54. The minimum Gasteiger partial charge on any atom is -0.381 e. The minimum atomic E-state index is 0.637. The highest BCUT2D eigenvalue weighted by molar-refractivity contribution is 5.79. The molecule has 1 aromatic carbocycles. The van der Waals surface area contributed by atoms with Crippen LogP contribution in [-0.2, 0) is 16.1 Å². The Bertz CT molecular complexity index is 487. The fourth-order valence-electron chi connectivity index (χ4n) is 2.97. The maximum atomic E-state index is 5.72. The highest BCUT2D eigenvalue weighted by Gasteiger charge is 2.15. The quantitative estimate of drug-likeness (QED) is 0.424. The van der Waals surface area contributed by atoms with Gasteiger partial charge in [0.2, 0.25) is 0 Å². The number of hydrogen-bond acceptors (Lipinski definition) is 3. The van der Waals surface area contributed by atoms with Gasteiger partial charge in [0.15, 0.2) is 5.96 Å². The number of hydrogen-bond donors (Lipinski definition) is 1. The van der Waals surface area contributed by atoms with Crippen LogP contribution in [-0.4, -0.2) is 57.4 Å². The van der Waals surface area contributed by atoms with Gasteiger partial charge in [-0.25, -0.2) is 0 Å². The van der Waals surface area contributed by atoms with Crippen LogP contribution in [0.5, 0.6) is 0 Å². The molecule has 1 aromatic rings. The maximum Gasteiger partial charge on any atom is 0.193 e. The molecule has 0 bridgehead atoms. The molecule has 1 heterocycles. The van der Waals surface area contributed by atoms with Gasteiger partial charge in [0, 0.05) is 33.4 Å². The van der Waals surface area contributed by atoms with E-state index in [2.05, 4.69) is 36.3 Å². The first kappa shape index (κ1) is 19.7. The monoisotopic (exact) mass is 347 g/mol. The van der Waals surface area contributed by atoms with Crippen molar-refractivity contribution in [2.75, 3.05) is 46.5 Å². The number of nitrogens with zero attached hydrogens (tertiary/aromatic N) is 2. The van der Waals surface area contributed by atoms with Gasteiger partial charge in [0.25, 0.3) is 0 Å². The molecule has 5 nitrogen and oxygen atoms in total. The van der Waals surface area contributed by atoms with Crippen molar-refractivity contribution in [3.63, 3.8) is 0 Å². The molecule has 0 aliphatic carbocycles. The number of nitrogens with one attached hydrogen (secondary N) is 1. The molecule has 0 unspecified atom stereocenters. The van der Waals surface area contributed by atoms with E-state index >= 15 is 0 Å². The van der Waals surface area contributed by atoms with Crippen LogP contribution in [0.4, 0.5) is 0 Å². The van der Waals surface area contributed by atoms with E-state index < -0.39 is 0 Å². The lowest BCUT2D eigenvalue weighted by molar-refractivity contribution is 0.0625. The molecule has 5 heteroatoms. The van der Waals surface area contributed by atoms with Gasteiger partial charge in [-0.2, -0.15) is 0 Å². The lowest BCUT2D eigenvalue weighted by atomic mass is 9.96. The zero-order valence-corrected chi connectivity index (χ0v) is 15.7. The van der Waals surface area contributed by atoms with Crippen LogP contribution in [0.3, 0.4) is 0 Å². The molecule has 0 amide bonds. The Morgan fingerprint density at radius 2 is 2.04 bits per heavy atom. The molecule has 140 valence electrons. The number of aliphatic imine (C=N–C) groups is 1. The second-order valence-corrected chi connectivity index (χ2v) is 6.54. The van der Waals surface area contributed by atoms with Crippen molar-refractivity contribution in [1.82, 2.24) is 10.2 Å². The summed E-state index contributed by atoms with van der Waals surface area (Å²) in [5.41, 5.74) is 1.20. The Morgan fingerprint density at radius 3 is 2.76 bits per heavy atom. The number of rotatable bonds is 9. The SMILES string of the molecule is CCNC(=NCCOCc1ccccc1)N(C)CCC1CCOCC1. The molecule has 25 heavy (non-hydrogen) atoms. The first-order valence-electron chi connectivity index (χ1n) is 9.48. The summed E-state index contributed by atoms with van der Waals surface area (Å²) in [7, 11) is 2.12. The molecular formula is C20H33N3O2.